The van der Waals surface area contributed by atoms with Crippen LogP contribution in [0.2, 0.25) is 0 Å². The predicted molar refractivity (Wildman–Crippen MR) is 45.6 cm³/mol. The molecule has 1 saturated carbocycles. The number of rotatable bonds is 1. The molecular weight excluding hydrogens is 120 g/mol. The third kappa shape index (κ3) is 1.86. The molecule has 0 heteroatoms. The van der Waals surface area contributed by atoms with Gasteiger partial charge in [-0.3, -0.25) is 0 Å². The fourth-order valence-corrected chi connectivity index (χ4v) is 1.54. The zero-order valence-electron chi connectivity index (χ0n) is 7.06. The minimum atomic E-state index is 0.788. The Morgan fingerprint density at radius 1 is 1.50 bits per heavy atom. The second-order valence-electron chi connectivity index (χ2n) is 3.57. The van der Waals surface area contributed by atoms with E-state index >= 15 is 0 Å². The molecule has 57 valence electrons. The Hall–Kier alpha value is -0.260. The molecule has 0 aromatic heterocycles. The first-order valence-corrected chi connectivity index (χ1v) is 4.19. The maximum Gasteiger partial charge on any atom is -0.0206 e. The molecule has 1 fully saturated rings. The van der Waals surface area contributed by atoms with Gasteiger partial charge >= 0.3 is 0 Å². The standard InChI is InChI=1S/C10H17/c1-8(2)10-6-4-9(3)5-7-10/h4,9-10H,1,5-7H2,2-3H3. The van der Waals surface area contributed by atoms with E-state index in [4.69, 9.17) is 0 Å². The highest BCUT2D eigenvalue weighted by molar-refractivity contribution is 5.01. The summed E-state index contributed by atoms with van der Waals surface area (Å²) in [4.78, 5) is 0. The first kappa shape index (κ1) is 7.84. The Balaban J connectivity index is 2.33. The fourth-order valence-electron chi connectivity index (χ4n) is 1.54. The molecule has 0 amide bonds. The average molecular weight is 137 g/mol. The highest BCUT2D eigenvalue weighted by Crippen LogP contribution is 2.31. The maximum absolute atomic E-state index is 3.98. The normalized spacial score (nSPS) is 33.8. The minimum Gasteiger partial charge on any atom is -0.0999 e. The summed E-state index contributed by atoms with van der Waals surface area (Å²) in [5.74, 6) is 1.63. The number of hydrogen-bond acceptors (Lipinski definition) is 0. The van der Waals surface area contributed by atoms with Gasteiger partial charge in [0.2, 0.25) is 0 Å². The quantitative estimate of drug-likeness (QED) is 0.487. The highest BCUT2D eigenvalue weighted by atomic mass is 14.2. The summed E-state index contributed by atoms with van der Waals surface area (Å²) in [6.45, 7) is 8.43. The second kappa shape index (κ2) is 3.23. The van der Waals surface area contributed by atoms with Crippen LogP contribution in [0.15, 0.2) is 12.2 Å². The molecule has 0 spiro atoms. The number of hydrogen-bond donors (Lipinski definition) is 0. The van der Waals surface area contributed by atoms with E-state index in [1.165, 1.54) is 24.8 Å². The van der Waals surface area contributed by atoms with Crippen molar-refractivity contribution >= 4 is 0 Å². The second-order valence-corrected chi connectivity index (χ2v) is 3.57. The van der Waals surface area contributed by atoms with Gasteiger partial charge < -0.3 is 0 Å². The van der Waals surface area contributed by atoms with Crippen molar-refractivity contribution in [2.45, 2.75) is 33.1 Å². The van der Waals surface area contributed by atoms with Crippen molar-refractivity contribution in [3.05, 3.63) is 18.6 Å². The van der Waals surface area contributed by atoms with Crippen LogP contribution in [-0.4, -0.2) is 0 Å². The van der Waals surface area contributed by atoms with Crippen LogP contribution in [-0.2, 0) is 0 Å². The van der Waals surface area contributed by atoms with E-state index in [0.29, 0.717) is 0 Å². The van der Waals surface area contributed by atoms with Crippen LogP contribution in [0.3, 0.4) is 0 Å². The molecule has 1 rings (SSSR count). The summed E-state index contributed by atoms with van der Waals surface area (Å²) in [6, 6.07) is 0. The summed E-state index contributed by atoms with van der Waals surface area (Å²) < 4.78 is 0. The molecule has 2 unspecified atom stereocenters. The summed E-state index contributed by atoms with van der Waals surface area (Å²) in [6.07, 6.45) is 6.41. The van der Waals surface area contributed by atoms with Crippen molar-refractivity contribution in [3.63, 3.8) is 0 Å². The van der Waals surface area contributed by atoms with Gasteiger partial charge in [0.05, 0.1) is 0 Å². The smallest absolute Gasteiger partial charge is 0.0206 e. The van der Waals surface area contributed by atoms with E-state index in [2.05, 4.69) is 26.8 Å². The molecule has 0 N–H and O–H groups in total. The molecular formula is C10H17. The monoisotopic (exact) mass is 137 g/mol. The van der Waals surface area contributed by atoms with E-state index in [-0.39, 0.29) is 0 Å². The van der Waals surface area contributed by atoms with Gasteiger partial charge in [-0.25, -0.2) is 0 Å². The van der Waals surface area contributed by atoms with Crippen molar-refractivity contribution in [1.29, 1.82) is 0 Å². The summed E-state index contributed by atoms with van der Waals surface area (Å²) in [5.41, 5.74) is 1.36. The van der Waals surface area contributed by atoms with Crippen LogP contribution in [0.4, 0.5) is 0 Å². The molecule has 0 saturated heterocycles. The maximum atomic E-state index is 3.98. The molecule has 0 bridgehead atoms. The third-order valence-corrected chi connectivity index (χ3v) is 2.49. The van der Waals surface area contributed by atoms with Gasteiger partial charge in [0, 0.05) is 0 Å². The fraction of sp³-hybridized carbons (Fsp3) is 0.700. The van der Waals surface area contributed by atoms with Gasteiger partial charge in [-0.1, -0.05) is 19.1 Å². The molecule has 1 aliphatic rings. The zero-order valence-corrected chi connectivity index (χ0v) is 7.06. The Bertz CT molecular complexity index is 116. The summed E-state index contributed by atoms with van der Waals surface area (Å²) in [5, 5.41) is 0. The number of allylic oxidation sites excluding steroid dienone is 1. The molecule has 10 heavy (non-hydrogen) atoms. The van der Waals surface area contributed by atoms with Gasteiger partial charge in [0.1, 0.15) is 0 Å². The van der Waals surface area contributed by atoms with E-state index in [9.17, 15) is 0 Å². The van der Waals surface area contributed by atoms with E-state index in [0.717, 1.165) is 11.8 Å². The lowest BCUT2D eigenvalue weighted by Gasteiger charge is -2.25. The molecule has 0 aromatic rings. The van der Waals surface area contributed by atoms with Gasteiger partial charge in [0.15, 0.2) is 0 Å². The molecule has 0 nitrogen and oxygen atoms in total. The molecule has 2 atom stereocenters. The third-order valence-electron chi connectivity index (χ3n) is 2.49. The van der Waals surface area contributed by atoms with Crippen LogP contribution in [0.25, 0.3) is 0 Å². The Morgan fingerprint density at radius 2 is 2.20 bits per heavy atom. The first-order chi connectivity index (χ1) is 4.70. The largest absolute Gasteiger partial charge is 0.0999 e. The van der Waals surface area contributed by atoms with Gasteiger partial charge in [-0.05, 0) is 44.4 Å². The van der Waals surface area contributed by atoms with Crippen molar-refractivity contribution < 1.29 is 0 Å². The Labute approximate surface area is 64.3 Å². The van der Waals surface area contributed by atoms with Gasteiger partial charge in [0.25, 0.3) is 0 Å². The van der Waals surface area contributed by atoms with Crippen molar-refractivity contribution in [3.8, 4) is 0 Å². The SMILES string of the molecule is C=C(C)C1C[CH]C(C)CC1. The molecule has 0 heterocycles. The highest BCUT2D eigenvalue weighted by Gasteiger charge is 2.17. The lowest BCUT2D eigenvalue weighted by atomic mass is 9.80. The summed E-state index contributed by atoms with van der Waals surface area (Å²) >= 11 is 0. The van der Waals surface area contributed by atoms with Gasteiger partial charge in [-0.2, -0.15) is 0 Å². The predicted octanol–water partition coefficient (Wildman–Crippen LogP) is 3.20. The minimum absolute atomic E-state index is 0.788. The van der Waals surface area contributed by atoms with Crippen LogP contribution >= 0.6 is 0 Å². The van der Waals surface area contributed by atoms with Crippen LogP contribution in [0.5, 0.6) is 0 Å². The van der Waals surface area contributed by atoms with E-state index in [1.54, 1.807) is 0 Å². The van der Waals surface area contributed by atoms with E-state index in [1.807, 2.05) is 0 Å². The van der Waals surface area contributed by atoms with Crippen LogP contribution < -0.4 is 0 Å². The molecule has 1 aliphatic carbocycles. The van der Waals surface area contributed by atoms with Crippen molar-refractivity contribution in [2.75, 3.05) is 0 Å². The van der Waals surface area contributed by atoms with Gasteiger partial charge in [-0.15, -0.1) is 0 Å². The molecule has 1 radical (unpaired) electrons. The first-order valence-electron chi connectivity index (χ1n) is 4.19. The average Bonchev–Trinajstić information content (AvgIpc) is 1.88. The van der Waals surface area contributed by atoms with Crippen LogP contribution in [0.1, 0.15) is 33.1 Å². The zero-order chi connectivity index (χ0) is 7.56. The van der Waals surface area contributed by atoms with Crippen molar-refractivity contribution in [2.24, 2.45) is 11.8 Å². The van der Waals surface area contributed by atoms with E-state index < -0.39 is 0 Å². The summed E-state index contributed by atoms with van der Waals surface area (Å²) in [7, 11) is 0. The van der Waals surface area contributed by atoms with Crippen molar-refractivity contribution in [1.82, 2.24) is 0 Å². The molecule has 0 aromatic carbocycles. The molecule has 0 aliphatic heterocycles. The lowest BCUT2D eigenvalue weighted by Crippen LogP contribution is -2.13. The topological polar surface area (TPSA) is 0 Å². The Morgan fingerprint density at radius 3 is 2.60 bits per heavy atom. The van der Waals surface area contributed by atoms with Crippen LogP contribution in [0, 0.1) is 18.3 Å². The Kier molecular flexibility index (Phi) is 2.53. The lowest BCUT2D eigenvalue weighted by molar-refractivity contribution is 0.396.